The topological polar surface area (TPSA) is 53.4 Å². The molecule has 2 unspecified atom stereocenters. The molecule has 2 fully saturated rings. The molecule has 5 rings (SSSR count). The molecule has 3 nitrogen and oxygen atoms in total. The van der Waals surface area contributed by atoms with Crippen LogP contribution in [0.5, 0.6) is 0 Å². The van der Waals surface area contributed by atoms with Crippen molar-refractivity contribution >= 4 is 10.8 Å². The summed E-state index contributed by atoms with van der Waals surface area (Å²) in [7, 11) is 0. The second kappa shape index (κ2) is 9.28. The number of aliphatic hydroxyl groups excluding tert-OH is 2. The van der Waals surface area contributed by atoms with Crippen LogP contribution in [0.1, 0.15) is 31.2 Å². The summed E-state index contributed by atoms with van der Waals surface area (Å²) in [4.78, 5) is 4.48. The summed E-state index contributed by atoms with van der Waals surface area (Å²) in [5.74, 6) is 0.852. The van der Waals surface area contributed by atoms with Crippen LogP contribution in [0.25, 0.3) is 22.0 Å². The van der Waals surface area contributed by atoms with Crippen molar-refractivity contribution in [2.75, 3.05) is 0 Å². The van der Waals surface area contributed by atoms with Crippen molar-refractivity contribution in [1.29, 1.82) is 0 Å². The van der Waals surface area contributed by atoms with Crippen molar-refractivity contribution in [2.24, 2.45) is 11.8 Å². The molecule has 2 atom stereocenters. The standard InChI is InChI=1S/C16H12N.C8H14O2.Ir/c1-12-7-8-14-11-17-16(10-15(14)9-12)13-5-3-2-4-6-13;9-6-3-1-5-2-4-7(10)8(5)6;/h2-5,7-11H,1H3;5-10H,1-4H2;/q-1;;. The second-order valence-corrected chi connectivity index (χ2v) is 7.82. The largest absolute Gasteiger partial charge is 0.393 e. The Morgan fingerprint density at radius 1 is 0.929 bits per heavy atom. The molecule has 0 bridgehead atoms. The molecule has 0 saturated heterocycles. The number of hydrogen-bond acceptors (Lipinski definition) is 3. The third-order valence-corrected chi connectivity index (χ3v) is 5.96. The first-order valence-corrected chi connectivity index (χ1v) is 9.81. The number of nitrogens with zero attached hydrogens (tertiary/aromatic N) is 1. The molecule has 2 aliphatic carbocycles. The Morgan fingerprint density at radius 3 is 2.32 bits per heavy atom. The van der Waals surface area contributed by atoms with Crippen LogP contribution in [0.3, 0.4) is 0 Å². The predicted octanol–water partition coefficient (Wildman–Crippen LogP) is 4.54. The van der Waals surface area contributed by atoms with Gasteiger partial charge in [0.1, 0.15) is 0 Å². The minimum atomic E-state index is -0.206. The van der Waals surface area contributed by atoms with Gasteiger partial charge in [0.05, 0.1) is 12.2 Å². The summed E-state index contributed by atoms with van der Waals surface area (Å²) >= 11 is 0. The molecule has 2 saturated carbocycles. The Bertz CT molecular complexity index is 901. The molecule has 0 spiro atoms. The molecule has 3 aromatic rings. The minimum Gasteiger partial charge on any atom is -0.393 e. The first kappa shape index (κ1) is 21.1. The normalized spacial score (nSPS) is 25.5. The molecular weight excluding hydrogens is 526 g/mol. The molecule has 2 aliphatic rings. The summed E-state index contributed by atoms with van der Waals surface area (Å²) < 4.78 is 0. The van der Waals surface area contributed by atoms with Crippen LogP contribution in [-0.2, 0) is 20.1 Å². The quantitative estimate of drug-likeness (QED) is 0.436. The molecule has 1 heterocycles. The van der Waals surface area contributed by atoms with Crippen LogP contribution in [0.15, 0.2) is 54.7 Å². The number of hydrogen-bond donors (Lipinski definition) is 2. The number of pyridine rings is 1. The smallest absolute Gasteiger partial charge is 0.0595 e. The molecule has 28 heavy (non-hydrogen) atoms. The van der Waals surface area contributed by atoms with Gasteiger partial charge in [-0.25, -0.2) is 0 Å². The monoisotopic (exact) mass is 553 g/mol. The number of aromatic nitrogens is 1. The van der Waals surface area contributed by atoms with Crippen LogP contribution < -0.4 is 0 Å². The number of aryl methyl sites for hydroxylation is 1. The molecule has 2 aromatic carbocycles. The average Bonchev–Trinajstić information content (AvgIpc) is 3.25. The summed E-state index contributed by atoms with van der Waals surface area (Å²) in [6, 6.07) is 19.6. The van der Waals surface area contributed by atoms with Gasteiger partial charge >= 0.3 is 0 Å². The molecule has 1 radical (unpaired) electrons. The summed E-state index contributed by atoms with van der Waals surface area (Å²) in [5.41, 5.74) is 3.28. The average molecular weight is 553 g/mol. The van der Waals surface area contributed by atoms with E-state index in [4.69, 9.17) is 0 Å². The first-order valence-electron chi connectivity index (χ1n) is 9.81. The van der Waals surface area contributed by atoms with Crippen LogP contribution in [-0.4, -0.2) is 27.4 Å². The van der Waals surface area contributed by atoms with Crippen LogP contribution in [0.2, 0.25) is 0 Å². The van der Waals surface area contributed by atoms with E-state index in [1.54, 1.807) is 0 Å². The molecule has 0 amide bonds. The third kappa shape index (κ3) is 4.52. The van der Waals surface area contributed by atoms with E-state index < -0.39 is 0 Å². The maximum Gasteiger partial charge on any atom is 0.0595 e. The Kier molecular flexibility index (Phi) is 7.00. The predicted molar refractivity (Wildman–Crippen MR) is 108 cm³/mol. The molecule has 2 N–H and O–H groups in total. The van der Waals surface area contributed by atoms with Gasteiger partial charge in [-0.05, 0) is 55.0 Å². The maximum atomic E-state index is 9.41. The molecule has 149 valence electrons. The molecular formula is C24H26IrNO2-. The summed E-state index contributed by atoms with van der Waals surface area (Å²) in [6.45, 7) is 2.11. The van der Waals surface area contributed by atoms with E-state index in [-0.39, 0.29) is 38.2 Å². The Balaban J connectivity index is 0.000000175. The second-order valence-electron chi connectivity index (χ2n) is 7.82. The van der Waals surface area contributed by atoms with E-state index in [1.165, 1.54) is 16.3 Å². The fraction of sp³-hybridized carbons (Fsp3) is 0.375. The Morgan fingerprint density at radius 2 is 1.68 bits per heavy atom. The van der Waals surface area contributed by atoms with Crippen molar-refractivity contribution in [3.8, 4) is 11.3 Å². The van der Waals surface area contributed by atoms with Gasteiger partial charge in [-0.2, -0.15) is 0 Å². The van der Waals surface area contributed by atoms with Gasteiger partial charge < -0.3 is 15.2 Å². The SMILES string of the molecule is Cc1ccc2cnc(-c3[c-]cccc3)cc2c1.OC1CCC2CCC(O)C12.[Ir]. The Hall–Kier alpha value is -1.58. The van der Waals surface area contributed by atoms with Gasteiger partial charge in [0.2, 0.25) is 0 Å². The zero-order chi connectivity index (χ0) is 18.8. The molecule has 1 aromatic heterocycles. The van der Waals surface area contributed by atoms with E-state index in [1.807, 2.05) is 30.5 Å². The van der Waals surface area contributed by atoms with Crippen LogP contribution >= 0.6 is 0 Å². The van der Waals surface area contributed by atoms with Crippen molar-refractivity contribution in [2.45, 2.75) is 44.8 Å². The number of aliphatic hydroxyl groups is 2. The van der Waals surface area contributed by atoms with Crippen molar-refractivity contribution in [1.82, 2.24) is 4.98 Å². The minimum absolute atomic E-state index is 0. The molecule has 0 aliphatic heterocycles. The van der Waals surface area contributed by atoms with Crippen molar-refractivity contribution < 1.29 is 30.3 Å². The number of fused-ring (bicyclic) bond motifs is 2. The van der Waals surface area contributed by atoms with Gasteiger partial charge in [-0.1, -0.05) is 29.8 Å². The van der Waals surface area contributed by atoms with E-state index >= 15 is 0 Å². The van der Waals surface area contributed by atoms with Gasteiger partial charge in [-0.3, -0.25) is 0 Å². The van der Waals surface area contributed by atoms with Crippen LogP contribution in [0, 0.1) is 24.8 Å². The third-order valence-electron chi connectivity index (χ3n) is 5.96. The van der Waals surface area contributed by atoms with Gasteiger partial charge in [-0.15, -0.1) is 35.9 Å². The van der Waals surface area contributed by atoms with E-state index in [0.29, 0.717) is 5.92 Å². The number of rotatable bonds is 1. The van der Waals surface area contributed by atoms with E-state index in [2.05, 4.69) is 42.2 Å². The Labute approximate surface area is 180 Å². The van der Waals surface area contributed by atoms with E-state index in [0.717, 1.165) is 36.9 Å². The van der Waals surface area contributed by atoms with Crippen LogP contribution in [0.4, 0.5) is 0 Å². The fourth-order valence-electron chi connectivity index (χ4n) is 4.53. The molecule has 4 heteroatoms. The van der Waals surface area contributed by atoms with Gasteiger partial charge in [0, 0.05) is 32.2 Å². The fourth-order valence-corrected chi connectivity index (χ4v) is 4.53. The van der Waals surface area contributed by atoms with E-state index in [9.17, 15) is 10.2 Å². The van der Waals surface area contributed by atoms with Crippen molar-refractivity contribution in [3.05, 3.63) is 66.4 Å². The summed E-state index contributed by atoms with van der Waals surface area (Å²) in [6.07, 6.45) is 5.58. The van der Waals surface area contributed by atoms with Gasteiger partial charge in [0.15, 0.2) is 0 Å². The zero-order valence-electron chi connectivity index (χ0n) is 16.0. The first-order chi connectivity index (χ1) is 13.1. The number of benzene rings is 2. The zero-order valence-corrected chi connectivity index (χ0v) is 18.4. The van der Waals surface area contributed by atoms with Crippen molar-refractivity contribution in [3.63, 3.8) is 0 Å². The van der Waals surface area contributed by atoms with Gasteiger partial charge in [0.25, 0.3) is 0 Å². The maximum absolute atomic E-state index is 9.41. The summed E-state index contributed by atoms with van der Waals surface area (Å²) in [5, 5.41) is 21.2.